The van der Waals surface area contributed by atoms with Crippen molar-refractivity contribution in [1.29, 1.82) is 0 Å². The number of carbonyl (C=O) groups is 2. The minimum Gasteiger partial charge on any atom is -0.462 e. The second-order valence-electron chi connectivity index (χ2n) is 4.83. The van der Waals surface area contributed by atoms with Crippen LogP contribution in [-0.2, 0) is 16.6 Å². The number of nitrogens with zero attached hydrogens (tertiary/aromatic N) is 2. The smallest absolute Gasteiger partial charge is 0.350 e. The molecular formula is C16H17ClN2O3S2. The van der Waals surface area contributed by atoms with Gasteiger partial charge in [0.1, 0.15) is 4.88 Å². The Morgan fingerprint density at radius 3 is 2.62 bits per heavy atom. The number of aromatic nitrogens is 1. The van der Waals surface area contributed by atoms with E-state index in [0.29, 0.717) is 21.3 Å². The molecule has 2 aromatic rings. The van der Waals surface area contributed by atoms with Gasteiger partial charge in [0.2, 0.25) is 0 Å². The van der Waals surface area contributed by atoms with E-state index < -0.39 is 0 Å². The molecule has 0 aliphatic carbocycles. The Labute approximate surface area is 153 Å². The van der Waals surface area contributed by atoms with Crippen molar-refractivity contribution in [2.75, 3.05) is 12.4 Å². The van der Waals surface area contributed by atoms with Crippen LogP contribution in [0.3, 0.4) is 0 Å². The third-order valence-corrected chi connectivity index (χ3v) is 5.63. The summed E-state index contributed by atoms with van der Waals surface area (Å²) in [6, 6.07) is 7.27. The predicted molar refractivity (Wildman–Crippen MR) is 96.7 cm³/mol. The van der Waals surface area contributed by atoms with Crippen molar-refractivity contribution in [3.8, 4) is 0 Å². The van der Waals surface area contributed by atoms with Gasteiger partial charge in [-0.3, -0.25) is 4.79 Å². The third kappa shape index (κ3) is 4.72. The van der Waals surface area contributed by atoms with Crippen molar-refractivity contribution in [1.82, 2.24) is 4.57 Å². The minimum absolute atomic E-state index is 0.216. The van der Waals surface area contributed by atoms with Crippen LogP contribution >= 0.6 is 34.7 Å². The fourth-order valence-corrected chi connectivity index (χ4v) is 3.67. The average Bonchev–Trinajstić information content (AvgIpc) is 2.83. The first-order chi connectivity index (χ1) is 11.4. The van der Waals surface area contributed by atoms with Gasteiger partial charge in [-0.1, -0.05) is 22.9 Å². The molecule has 1 amide bonds. The van der Waals surface area contributed by atoms with Gasteiger partial charge in [0.15, 0.2) is 4.80 Å². The number of ether oxygens (including phenoxy) is 1. The van der Waals surface area contributed by atoms with Crippen LogP contribution in [0.2, 0.25) is 5.02 Å². The molecule has 0 N–H and O–H groups in total. The Morgan fingerprint density at radius 2 is 2.00 bits per heavy atom. The van der Waals surface area contributed by atoms with Crippen LogP contribution in [0.5, 0.6) is 0 Å². The lowest BCUT2D eigenvalue weighted by Crippen LogP contribution is -2.15. The van der Waals surface area contributed by atoms with E-state index in [1.54, 1.807) is 37.6 Å². The Kier molecular flexibility index (Phi) is 6.65. The number of halogens is 1. The summed E-state index contributed by atoms with van der Waals surface area (Å²) >= 11 is 8.38. The van der Waals surface area contributed by atoms with Crippen LogP contribution in [0.4, 0.5) is 0 Å². The molecule has 24 heavy (non-hydrogen) atoms. The highest BCUT2D eigenvalue weighted by Gasteiger charge is 2.16. The number of hydrogen-bond donors (Lipinski definition) is 0. The van der Waals surface area contributed by atoms with E-state index in [1.807, 2.05) is 12.1 Å². The van der Waals surface area contributed by atoms with Gasteiger partial charge in [-0.15, -0.1) is 11.8 Å². The summed E-state index contributed by atoms with van der Waals surface area (Å²) in [5, 5.41) is 0.656. The topological polar surface area (TPSA) is 60.7 Å². The fraction of sp³-hybridized carbons (Fsp3) is 0.312. The van der Waals surface area contributed by atoms with Gasteiger partial charge in [-0.05, 0) is 38.1 Å². The Bertz CT molecular complexity index is 810. The van der Waals surface area contributed by atoms with E-state index in [1.165, 1.54) is 11.8 Å². The molecule has 128 valence electrons. The van der Waals surface area contributed by atoms with Gasteiger partial charge in [-0.25, -0.2) is 4.79 Å². The molecule has 0 aliphatic heterocycles. The fourth-order valence-electron chi connectivity index (χ4n) is 1.83. The highest BCUT2D eigenvalue weighted by Crippen LogP contribution is 2.20. The molecule has 0 spiro atoms. The molecule has 0 bridgehead atoms. The van der Waals surface area contributed by atoms with Crippen molar-refractivity contribution in [3.63, 3.8) is 0 Å². The lowest BCUT2D eigenvalue weighted by molar-refractivity contribution is -0.115. The van der Waals surface area contributed by atoms with Crippen LogP contribution in [0.15, 0.2) is 34.2 Å². The molecule has 8 heteroatoms. The van der Waals surface area contributed by atoms with Crippen molar-refractivity contribution in [2.45, 2.75) is 18.7 Å². The number of amides is 1. The molecular weight excluding hydrogens is 368 g/mol. The van der Waals surface area contributed by atoms with Crippen molar-refractivity contribution in [3.05, 3.63) is 44.7 Å². The summed E-state index contributed by atoms with van der Waals surface area (Å²) in [6.07, 6.45) is 0. The van der Waals surface area contributed by atoms with Crippen LogP contribution in [0.25, 0.3) is 0 Å². The van der Waals surface area contributed by atoms with E-state index in [2.05, 4.69) is 4.99 Å². The number of thiazole rings is 1. The van der Waals surface area contributed by atoms with E-state index in [4.69, 9.17) is 16.3 Å². The Morgan fingerprint density at radius 1 is 1.33 bits per heavy atom. The zero-order chi connectivity index (χ0) is 17.7. The van der Waals surface area contributed by atoms with E-state index >= 15 is 0 Å². The lowest BCUT2D eigenvalue weighted by atomic mass is 10.4. The average molecular weight is 385 g/mol. The first-order valence-electron chi connectivity index (χ1n) is 7.21. The molecule has 5 nitrogen and oxygen atoms in total. The third-order valence-electron chi connectivity index (χ3n) is 3.17. The monoisotopic (exact) mass is 384 g/mol. The van der Waals surface area contributed by atoms with Gasteiger partial charge in [0.05, 0.1) is 12.4 Å². The molecule has 1 aromatic heterocycles. The van der Waals surface area contributed by atoms with Gasteiger partial charge in [0.25, 0.3) is 5.91 Å². The summed E-state index contributed by atoms with van der Waals surface area (Å²) in [6.45, 7) is 3.86. The van der Waals surface area contributed by atoms with Gasteiger partial charge < -0.3 is 9.30 Å². The Hall–Kier alpha value is -1.57. The number of carbonyl (C=O) groups excluding carboxylic acids is 2. The van der Waals surface area contributed by atoms with Gasteiger partial charge in [-0.2, -0.15) is 4.99 Å². The first-order valence-corrected chi connectivity index (χ1v) is 9.39. The zero-order valence-corrected chi connectivity index (χ0v) is 15.9. The number of benzene rings is 1. The standard InChI is InChI=1S/C16H17ClN2O3S2/c1-4-22-15(21)14-10(2)19(3)16(24-14)18-13(20)9-23-12-7-5-11(17)6-8-12/h5-8H,4,9H2,1-3H3. The van der Waals surface area contributed by atoms with Gasteiger partial charge in [0, 0.05) is 22.7 Å². The van der Waals surface area contributed by atoms with Crippen LogP contribution in [0, 0.1) is 6.92 Å². The lowest BCUT2D eigenvalue weighted by Gasteiger charge is -2.00. The Balaban J connectivity index is 2.12. The van der Waals surface area contributed by atoms with Crippen molar-refractivity contribution in [2.24, 2.45) is 12.0 Å². The quantitative estimate of drug-likeness (QED) is 0.585. The molecule has 0 saturated heterocycles. The molecule has 1 aromatic carbocycles. The summed E-state index contributed by atoms with van der Waals surface area (Å²) in [4.78, 5) is 30.0. The summed E-state index contributed by atoms with van der Waals surface area (Å²) in [5.41, 5.74) is 0.732. The second-order valence-corrected chi connectivity index (χ2v) is 7.29. The molecule has 0 atom stereocenters. The summed E-state index contributed by atoms with van der Waals surface area (Å²) < 4.78 is 6.74. The van der Waals surface area contributed by atoms with E-state index in [0.717, 1.165) is 21.9 Å². The summed E-state index contributed by atoms with van der Waals surface area (Å²) in [7, 11) is 1.77. The first kappa shape index (κ1) is 18.8. The van der Waals surface area contributed by atoms with Crippen molar-refractivity contribution < 1.29 is 14.3 Å². The maximum absolute atomic E-state index is 12.1. The molecule has 0 aliphatic rings. The van der Waals surface area contributed by atoms with Crippen molar-refractivity contribution >= 4 is 46.6 Å². The molecule has 0 fully saturated rings. The van der Waals surface area contributed by atoms with E-state index in [-0.39, 0.29) is 17.6 Å². The van der Waals surface area contributed by atoms with Crippen LogP contribution in [0.1, 0.15) is 22.3 Å². The number of thioether (sulfide) groups is 1. The molecule has 1 heterocycles. The molecule has 0 radical (unpaired) electrons. The normalized spacial score (nSPS) is 11.6. The number of rotatable bonds is 5. The number of esters is 1. The minimum atomic E-state index is -0.389. The van der Waals surface area contributed by atoms with Crippen LogP contribution < -0.4 is 4.80 Å². The molecule has 2 rings (SSSR count). The maximum Gasteiger partial charge on any atom is 0.350 e. The highest BCUT2D eigenvalue weighted by molar-refractivity contribution is 8.00. The predicted octanol–water partition coefficient (Wildman–Crippen LogP) is 3.44. The molecule has 0 unspecified atom stereocenters. The second kappa shape index (κ2) is 8.50. The zero-order valence-electron chi connectivity index (χ0n) is 13.5. The van der Waals surface area contributed by atoms with Crippen LogP contribution in [-0.4, -0.2) is 28.8 Å². The maximum atomic E-state index is 12.1. The summed E-state index contributed by atoms with van der Waals surface area (Å²) in [5.74, 6) is -0.435. The van der Waals surface area contributed by atoms with E-state index in [9.17, 15) is 9.59 Å². The largest absolute Gasteiger partial charge is 0.462 e. The molecule has 0 saturated carbocycles. The van der Waals surface area contributed by atoms with Gasteiger partial charge >= 0.3 is 5.97 Å². The number of hydrogen-bond acceptors (Lipinski definition) is 5. The highest BCUT2D eigenvalue weighted by atomic mass is 35.5. The SMILES string of the molecule is CCOC(=O)c1sc(=NC(=O)CSc2ccc(Cl)cc2)n(C)c1C.